The van der Waals surface area contributed by atoms with Crippen molar-refractivity contribution in [2.45, 2.75) is 69.1 Å². The predicted molar refractivity (Wildman–Crippen MR) is 154 cm³/mol. The monoisotopic (exact) mass is 612 g/mol. The lowest BCUT2D eigenvalue weighted by molar-refractivity contribution is -0.149. The molecule has 7 rings (SSSR count). The summed E-state index contributed by atoms with van der Waals surface area (Å²) in [6.45, 7) is 0. The van der Waals surface area contributed by atoms with Crippen LogP contribution in [0.25, 0.3) is 22.3 Å². The molecule has 0 radical (unpaired) electrons. The third-order valence-corrected chi connectivity index (χ3v) is 9.30. The maximum Gasteiger partial charge on any atom is 0.335 e. The fourth-order valence-corrected chi connectivity index (χ4v) is 7.17. The number of aromatic carboxylic acids is 1. The van der Waals surface area contributed by atoms with Crippen LogP contribution in [0, 0.1) is 5.82 Å². The SMILES string of the molecule is Cn1c(N2[C@@H]3CC[C@H]2CC(OC(=O)Cc2c(-c4c(Cl)cccc4Cl)noc2C2CC2)C3)nc2c(F)cc(C(=O)O)cc21. The van der Waals surface area contributed by atoms with Crippen molar-refractivity contribution in [3.8, 4) is 11.3 Å². The van der Waals surface area contributed by atoms with Gasteiger partial charge in [0.1, 0.15) is 23.1 Å². The molecule has 2 aromatic carbocycles. The lowest BCUT2D eigenvalue weighted by Crippen LogP contribution is -2.47. The van der Waals surface area contributed by atoms with Gasteiger partial charge in [-0.2, -0.15) is 0 Å². The van der Waals surface area contributed by atoms with Crippen molar-refractivity contribution in [2.24, 2.45) is 7.05 Å². The number of carbonyl (C=O) groups is 2. The number of halogens is 3. The Morgan fingerprint density at radius 3 is 2.45 bits per heavy atom. The van der Waals surface area contributed by atoms with Gasteiger partial charge < -0.3 is 23.8 Å². The standard InChI is InChI=1S/C30H27Cl2FN4O5/c1-36-23-10-15(29(39)40)9-22(33)27(23)34-30(36)37-16-7-8-17(37)12-18(11-16)41-24(38)13-19-26(35-42-28(19)14-5-6-14)25-20(31)3-2-4-21(25)32/h2-4,9-10,14,16-18H,5-8,11-13H2,1H3,(H,39,40)/t16-,17+,18?. The van der Waals surface area contributed by atoms with Gasteiger partial charge in [-0.15, -0.1) is 0 Å². The Balaban J connectivity index is 1.10. The topological polar surface area (TPSA) is 111 Å². The smallest absolute Gasteiger partial charge is 0.335 e. The van der Waals surface area contributed by atoms with Gasteiger partial charge in [-0.3, -0.25) is 4.79 Å². The zero-order valence-electron chi connectivity index (χ0n) is 22.6. The first kappa shape index (κ1) is 27.2. The predicted octanol–water partition coefficient (Wildman–Crippen LogP) is 6.54. The number of carboxylic acid groups (broad SMARTS) is 1. The number of ether oxygens (including phenoxy) is 1. The third kappa shape index (κ3) is 4.61. The van der Waals surface area contributed by atoms with Crippen LogP contribution in [0.1, 0.15) is 66.1 Å². The molecule has 1 unspecified atom stereocenters. The van der Waals surface area contributed by atoms with Crippen LogP contribution in [0.3, 0.4) is 0 Å². The lowest BCUT2D eigenvalue weighted by atomic mass is 9.99. The highest BCUT2D eigenvalue weighted by Gasteiger charge is 2.44. The maximum absolute atomic E-state index is 14.8. The summed E-state index contributed by atoms with van der Waals surface area (Å²) in [5, 5.41) is 14.5. The van der Waals surface area contributed by atoms with E-state index in [0.29, 0.717) is 56.9 Å². The van der Waals surface area contributed by atoms with E-state index in [-0.39, 0.29) is 47.6 Å². The van der Waals surface area contributed by atoms with Gasteiger partial charge in [0.15, 0.2) is 5.82 Å². The minimum atomic E-state index is -1.20. The first-order chi connectivity index (χ1) is 20.2. The van der Waals surface area contributed by atoms with Crippen LogP contribution in [0.2, 0.25) is 10.0 Å². The van der Waals surface area contributed by atoms with Crippen LogP contribution in [0.5, 0.6) is 0 Å². The van der Waals surface area contributed by atoms with Gasteiger partial charge in [-0.25, -0.2) is 14.2 Å². The van der Waals surface area contributed by atoms with Crippen LogP contribution < -0.4 is 4.90 Å². The van der Waals surface area contributed by atoms with Crippen molar-refractivity contribution in [2.75, 3.05) is 4.90 Å². The second kappa shape index (κ2) is 10.3. The summed E-state index contributed by atoms with van der Waals surface area (Å²) < 4.78 is 28.2. The van der Waals surface area contributed by atoms with E-state index in [0.717, 1.165) is 31.7 Å². The summed E-state index contributed by atoms with van der Waals surface area (Å²) in [7, 11) is 1.76. The van der Waals surface area contributed by atoms with Gasteiger partial charge in [-0.1, -0.05) is 34.4 Å². The Kier molecular flexibility index (Phi) is 6.66. The number of fused-ring (bicyclic) bond motifs is 3. The third-order valence-electron chi connectivity index (χ3n) is 8.67. The molecule has 1 aliphatic carbocycles. The van der Waals surface area contributed by atoms with Crippen LogP contribution in [-0.2, 0) is 23.0 Å². The molecule has 4 aromatic rings. The molecule has 3 fully saturated rings. The van der Waals surface area contributed by atoms with Crippen molar-refractivity contribution in [3.63, 3.8) is 0 Å². The molecular formula is C30H27Cl2FN4O5. The summed E-state index contributed by atoms with van der Waals surface area (Å²) in [6, 6.07) is 7.74. The largest absolute Gasteiger partial charge is 0.478 e. The van der Waals surface area contributed by atoms with Crippen molar-refractivity contribution in [3.05, 3.63) is 63.1 Å². The highest BCUT2D eigenvalue weighted by atomic mass is 35.5. The number of imidazole rings is 1. The van der Waals surface area contributed by atoms with Crippen LogP contribution in [0.4, 0.5) is 10.3 Å². The van der Waals surface area contributed by atoms with E-state index >= 15 is 0 Å². The Morgan fingerprint density at radius 2 is 1.81 bits per heavy atom. The summed E-state index contributed by atoms with van der Waals surface area (Å²) in [5.41, 5.74) is 2.12. The molecule has 1 saturated carbocycles. The molecule has 4 heterocycles. The number of aromatic nitrogens is 3. The van der Waals surface area contributed by atoms with Gasteiger partial charge in [-0.05, 0) is 49.9 Å². The average Bonchev–Trinajstić information content (AvgIpc) is 3.55. The molecule has 2 aromatic heterocycles. The Labute approximate surface area is 250 Å². The number of benzene rings is 2. The number of carbonyl (C=O) groups excluding carboxylic acids is 1. The summed E-state index contributed by atoms with van der Waals surface area (Å²) in [5.74, 6) is -0.734. The second-order valence-electron chi connectivity index (χ2n) is 11.4. The van der Waals surface area contributed by atoms with E-state index in [1.165, 1.54) is 6.07 Å². The molecule has 3 aliphatic rings. The molecule has 9 nitrogen and oxygen atoms in total. The van der Waals surface area contributed by atoms with Crippen molar-refractivity contribution in [1.29, 1.82) is 0 Å². The minimum Gasteiger partial charge on any atom is -0.478 e. The molecule has 0 spiro atoms. The normalized spacial score (nSPS) is 21.7. The second-order valence-corrected chi connectivity index (χ2v) is 12.2. The number of esters is 1. The van der Waals surface area contributed by atoms with Gasteiger partial charge in [0, 0.05) is 49.0 Å². The summed E-state index contributed by atoms with van der Waals surface area (Å²) in [4.78, 5) is 31.5. The number of aryl methyl sites for hydroxylation is 1. The number of carboxylic acids is 1. The number of hydrogen-bond acceptors (Lipinski definition) is 7. The molecule has 2 saturated heterocycles. The quantitative estimate of drug-likeness (QED) is 0.234. The van der Waals surface area contributed by atoms with E-state index in [2.05, 4.69) is 15.0 Å². The van der Waals surface area contributed by atoms with Gasteiger partial charge in [0.25, 0.3) is 0 Å². The van der Waals surface area contributed by atoms with E-state index < -0.39 is 11.8 Å². The Morgan fingerprint density at radius 1 is 1.12 bits per heavy atom. The molecule has 0 amide bonds. The first-order valence-corrected chi connectivity index (χ1v) is 14.7. The zero-order valence-corrected chi connectivity index (χ0v) is 24.2. The Bertz CT molecular complexity index is 1710. The van der Waals surface area contributed by atoms with Crippen LogP contribution in [-0.4, -0.2) is 49.9 Å². The molecule has 1 N–H and O–H groups in total. The van der Waals surface area contributed by atoms with E-state index in [1.807, 2.05) is 0 Å². The van der Waals surface area contributed by atoms with E-state index in [1.54, 1.807) is 29.8 Å². The summed E-state index contributed by atoms with van der Waals surface area (Å²) >= 11 is 12.9. The molecule has 12 heteroatoms. The molecule has 218 valence electrons. The van der Waals surface area contributed by atoms with Gasteiger partial charge in [0.05, 0.1) is 27.5 Å². The number of nitrogens with zero attached hydrogens (tertiary/aromatic N) is 4. The molecule has 2 aliphatic heterocycles. The molecule has 42 heavy (non-hydrogen) atoms. The van der Waals surface area contributed by atoms with E-state index in [4.69, 9.17) is 32.5 Å². The highest BCUT2D eigenvalue weighted by Crippen LogP contribution is 2.46. The van der Waals surface area contributed by atoms with Gasteiger partial charge in [0.2, 0.25) is 5.95 Å². The highest BCUT2D eigenvalue weighted by molar-refractivity contribution is 6.39. The number of piperidine rings is 1. The van der Waals surface area contributed by atoms with Crippen molar-refractivity contribution < 1.29 is 28.3 Å². The van der Waals surface area contributed by atoms with Crippen molar-refractivity contribution >= 4 is 52.1 Å². The fourth-order valence-electron chi connectivity index (χ4n) is 6.59. The van der Waals surface area contributed by atoms with Crippen LogP contribution in [0.15, 0.2) is 34.9 Å². The number of rotatable bonds is 7. The molecule has 3 atom stereocenters. The average molecular weight is 613 g/mol. The number of hydrogen-bond donors (Lipinski definition) is 1. The molecule has 2 bridgehead atoms. The number of anilines is 1. The first-order valence-electron chi connectivity index (χ1n) is 14.0. The van der Waals surface area contributed by atoms with Crippen molar-refractivity contribution in [1.82, 2.24) is 14.7 Å². The molecular weight excluding hydrogens is 586 g/mol. The zero-order chi connectivity index (χ0) is 29.3. The fraction of sp³-hybridized carbons (Fsp3) is 0.400. The van der Waals surface area contributed by atoms with Crippen LogP contribution >= 0.6 is 23.2 Å². The lowest BCUT2D eigenvalue weighted by Gasteiger charge is -2.39. The minimum absolute atomic E-state index is 0.00227. The Hall–Kier alpha value is -3.63. The summed E-state index contributed by atoms with van der Waals surface area (Å²) in [6.07, 6.45) is 4.64. The van der Waals surface area contributed by atoms with Gasteiger partial charge >= 0.3 is 11.9 Å². The van der Waals surface area contributed by atoms with E-state index in [9.17, 15) is 19.1 Å². The maximum atomic E-state index is 14.8.